The molecule has 0 aliphatic carbocycles. The normalized spacial score (nSPS) is 11.4. The zero-order valence-electron chi connectivity index (χ0n) is 10.8. The van der Waals surface area contributed by atoms with E-state index in [0.717, 1.165) is 18.2 Å². The molecule has 21 heavy (non-hydrogen) atoms. The lowest BCUT2D eigenvalue weighted by atomic mass is 10.2. The van der Waals surface area contributed by atoms with Gasteiger partial charge >= 0.3 is 0 Å². The molecule has 0 radical (unpaired) electrons. The highest BCUT2D eigenvalue weighted by molar-refractivity contribution is 7.92. The van der Waals surface area contributed by atoms with Crippen LogP contribution in [0.4, 0.5) is 20.2 Å². The summed E-state index contributed by atoms with van der Waals surface area (Å²) < 4.78 is 53.2. The maximum absolute atomic E-state index is 13.4. The Morgan fingerprint density at radius 1 is 1.14 bits per heavy atom. The molecular weight excluding hydrogens is 322 g/mol. The van der Waals surface area contributed by atoms with Crippen molar-refractivity contribution in [1.29, 1.82) is 0 Å². The van der Waals surface area contributed by atoms with Gasteiger partial charge in [0.25, 0.3) is 10.0 Å². The number of anilines is 2. The van der Waals surface area contributed by atoms with Crippen molar-refractivity contribution in [2.24, 2.45) is 0 Å². The van der Waals surface area contributed by atoms with E-state index in [9.17, 15) is 17.2 Å². The van der Waals surface area contributed by atoms with Crippen molar-refractivity contribution >= 4 is 33.0 Å². The van der Waals surface area contributed by atoms with E-state index >= 15 is 0 Å². The van der Waals surface area contributed by atoms with Crippen molar-refractivity contribution < 1.29 is 17.2 Å². The zero-order valence-corrected chi connectivity index (χ0v) is 12.4. The van der Waals surface area contributed by atoms with E-state index in [4.69, 9.17) is 17.3 Å². The summed E-state index contributed by atoms with van der Waals surface area (Å²) in [4.78, 5) is -0.385. The van der Waals surface area contributed by atoms with Crippen LogP contribution in [0.2, 0.25) is 5.02 Å². The third kappa shape index (κ3) is 3.25. The number of hydrogen-bond acceptors (Lipinski definition) is 3. The molecule has 0 fully saturated rings. The zero-order chi connectivity index (χ0) is 15.8. The highest BCUT2D eigenvalue weighted by Gasteiger charge is 2.20. The number of benzene rings is 2. The highest BCUT2D eigenvalue weighted by atomic mass is 35.5. The van der Waals surface area contributed by atoms with Gasteiger partial charge in [-0.3, -0.25) is 4.72 Å². The molecule has 0 amide bonds. The predicted molar refractivity (Wildman–Crippen MR) is 77.8 cm³/mol. The summed E-state index contributed by atoms with van der Waals surface area (Å²) in [5, 5.41) is -0.318. The van der Waals surface area contributed by atoms with E-state index in [0.29, 0.717) is 5.56 Å². The van der Waals surface area contributed by atoms with E-state index < -0.39 is 21.7 Å². The summed E-state index contributed by atoms with van der Waals surface area (Å²) >= 11 is 5.72. The lowest BCUT2D eigenvalue weighted by molar-refractivity contribution is 0.600. The van der Waals surface area contributed by atoms with E-state index in [-0.39, 0.29) is 21.3 Å². The van der Waals surface area contributed by atoms with Crippen LogP contribution in [-0.2, 0) is 10.0 Å². The molecule has 2 aromatic carbocycles. The first-order chi connectivity index (χ1) is 9.70. The summed E-state index contributed by atoms with van der Waals surface area (Å²) in [7, 11) is -4.11. The molecule has 3 N–H and O–H groups in total. The molecule has 0 aromatic heterocycles. The Labute approximate surface area is 125 Å². The molecular formula is C13H11ClF2N2O2S. The minimum atomic E-state index is -4.11. The lowest BCUT2D eigenvalue weighted by Gasteiger charge is -2.11. The smallest absolute Gasteiger partial charge is 0.263 e. The van der Waals surface area contributed by atoms with Crippen LogP contribution in [0.15, 0.2) is 35.2 Å². The molecule has 0 aliphatic heterocycles. The van der Waals surface area contributed by atoms with E-state index in [2.05, 4.69) is 4.72 Å². The molecule has 0 bridgehead atoms. The number of nitrogens with two attached hydrogens (primary N) is 1. The summed E-state index contributed by atoms with van der Waals surface area (Å²) in [5.41, 5.74) is 5.39. The van der Waals surface area contributed by atoms with Crippen molar-refractivity contribution in [2.45, 2.75) is 11.8 Å². The van der Waals surface area contributed by atoms with Crippen LogP contribution in [0.5, 0.6) is 0 Å². The van der Waals surface area contributed by atoms with Gasteiger partial charge in [-0.1, -0.05) is 17.7 Å². The molecule has 0 unspecified atom stereocenters. The fourth-order valence-electron chi connectivity index (χ4n) is 1.62. The Kier molecular flexibility index (Phi) is 4.06. The third-order valence-corrected chi connectivity index (χ3v) is 4.61. The summed E-state index contributed by atoms with van der Waals surface area (Å²) in [6, 6.07) is 5.57. The van der Waals surface area contributed by atoms with Crippen molar-refractivity contribution in [3.63, 3.8) is 0 Å². The van der Waals surface area contributed by atoms with E-state index in [1.165, 1.54) is 12.1 Å². The SMILES string of the molecule is Cc1ccc(NS(=O)(=O)c2cc(N)c(F)cc2Cl)cc1F. The highest BCUT2D eigenvalue weighted by Crippen LogP contribution is 2.28. The molecule has 0 saturated carbocycles. The summed E-state index contributed by atoms with van der Waals surface area (Å²) in [5.74, 6) is -1.37. The second kappa shape index (κ2) is 5.50. The number of halogens is 3. The van der Waals surface area contributed by atoms with Crippen LogP contribution >= 0.6 is 11.6 Å². The van der Waals surface area contributed by atoms with Gasteiger partial charge in [0.05, 0.1) is 16.4 Å². The van der Waals surface area contributed by atoms with Crippen molar-refractivity contribution in [3.8, 4) is 0 Å². The quantitative estimate of drug-likeness (QED) is 0.847. The van der Waals surface area contributed by atoms with Gasteiger partial charge in [0, 0.05) is 0 Å². The van der Waals surface area contributed by atoms with Gasteiger partial charge < -0.3 is 5.73 Å². The Morgan fingerprint density at radius 2 is 1.81 bits per heavy atom. The number of nitrogen functional groups attached to an aromatic ring is 1. The maximum Gasteiger partial charge on any atom is 0.263 e. The van der Waals surface area contributed by atoms with Crippen molar-refractivity contribution in [3.05, 3.63) is 52.6 Å². The fourth-order valence-corrected chi connectivity index (χ4v) is 3.22. The third-order valence-electron chi connectivity index (χ3n) is 2.76. The summed E-state index contributed by atoms with van der Waals surface area (Å²) in [6.07, 6.45) is 0. The molecule has 0 spiro atoms. The molecule has 0 atom stereocenters. The Balaban J connectivity index is 2.43. The average molecular weight is 333 g/mol. The molecule has 0 heterocycles. The second-order valence-corrected chi connectivity index (χ2v) is 6.43. The first kappa shape index (κ1) is 15.5. The minimum absolute atomic E-state index is 0.0251. The Hall–Kier alpha value is -1.86. The van der Waals surface area contributed by atoms with E-state index in [1.54, 1.807) is 6.92 Å². The largest absolute Gasteiger partial charge is 0.396 e. The molecule has 0 aliphatic rings. The molecule has 0 saturated heterocycles. The van der Waals surface area contributed by atoms with Crippen LogP contribution in [0.1, 0.15) is 5.56 Å². The van der Waals surface area contributed by atoms with Gasteiger partial charge in [-0.2, -0.15) is 0 Å². The van der Waals surface area contributed by atoms with Crippen LogP contribution in [-0.4, -0.2) is 8.42 Å². The van der Waals surface area contributed by atoms with Crippen LogP contribution in [0.25, 0.3) is 0 Å². The van der Waals surface area contributed by atoms with Gasteiger partial charge in [0.1, 0.15) is 16.5 Å². The first-order valence-corrected chi connectivity index (χ1v) is 7.60. The number of hydrogen-bond donors (Lipinski definition) is 2. The first-order valence-electron chi connectivity index (χ1n) is 5.74. The van der Waals surface area contributed by atoms with Crippen molar-refractivity contribution in [2.75, 3.05) is 10.5 Å². The van der Waals surface area contributed by atoms with Gasteiger partial charge in [0.2, 0.25) is 0 Å². The summed E-state index contributed by atoms with van der Waals surface area (Å²) in [6.45, 7) is 1.55. The van der Waals surface area contributed by atoms with Crippen LogP contribution < -0.4 is 10.5 Å². The monoisotopic (exact) mass is 332 g/mol. The van der Waals surface area contributed by atoms with E-state index in [1.807, 2.05) is 0 Å². The molecule has 2 rings (SSSR count). The van der Waals surface area contributed by atoms with Gasteiger partial charge in [-0.15, -0.1) is 0 Å². The topological polar surface area (TPSA) is 72.2 Å². The van der Waals surface area contributed by atoms with Crippen molar-refractivity contribution in [1.82, 2.24) is 0 Å². The molecule has 112 valence electrons. The maximum atomic E-state index is 13.4. The van der Waals surface area contributed by atoms with Gasteiger partial charge in [-0.25, -0.2) is 17.2 Å². The Morgan fingerprint density at radius 3 is 2.43 bits per heavy atom. The van der Waals surface area contributed by atoms with Gasteiger partial charge in [0.15, 0.2) is 0 Å². The number of aryl methyl sites for hydroxylation is 1. The standard InChI is InChI=1S/C13H11ClF2N2O2S/c1-7-2-3-8(4-10(7)15)18-21(19,20)13-6-12(17)11(16)5-9(13)14/h2-6,18H,17H2,1H3. The molecule has 8 heteroatoms. The lowest BCUT2D eigenvalue weighted by Crippen LogP contribution is -2.14. The molecule has 4 nitrogen and oxygen atoms in total. The van der Waals surface area contributed by atoms with Crippen LogP contribution in [0, 0.1) is 18.6 Å². The van der Waals surface area contributed by atoms with Crippen LogP contribution in [0.3, 0.4) is 0 Å². The predicted octanol–water partition coefficient (Wildman–Crippen LogP) is 3.31. The molecule has 2 aromatic rings. The number of nitrogens with one attached hydrogen (secondary N) is 1. The number of rotatable bonds is 3. The fraction of sp³-hybridized carbons (Fsp3) is 0.0769. The van der Waals surface area contributed by atoms with Gasteiger partial charge in [-0.05, 0) is 36.8 Å². The minimum Gasteiger partial charge on any atom is -0.396 e. The Bertz CT molecular complexity index is 810. The average Bonchev–Trinajstić information content (AvgIpc) is 2.37. The number of sulfonamides is 1. The second-order valence-electron chi connectivity index (χ2n) is 4.37.